The summed E-state index contributed by atoms with van der Waals surface area (Å²) in [7, 11) is 3.28. The van der Waals surface area contributed by atoms with Crippen molar-refractivity contribution in [2.45, 2.75) is 13.1 Å². The fourth-order valence-electron chi connectivity index (χ4n) is 4.17. The molecule has 6 aromatic rings. The summed E-state index contributed by atoms with van der Waals surface area (Å²) in [5.74, 6) is 1.09. The molecule has 6 nitrogen and oxygen atoms in total. The molecule has 2 aromatic heterocycles. The van der Waals surface area contributed by atoms with Crippen LogP contribution in [0, 0.1) is 11.6 Å². The molecule has 4 aromatic carbocycles. The van der Waals surface area contributed by atoms with Crippen LogP contribution in [0.2, 0.25) is 0 Å². The van der Waals surface area contributed by atoms with Gasteiger partial charge in [0.25, 0.3) is 0 Å². The Hall–Kier alpha value is -3.76. The summed E-state index contributed by atoms with van der Waals surface area (Å²) in [6.45, 7) is 1.27. The first-order valence-electron chi connectivity index (χ1n) is 12.2. The van der Waals surface area contributed by atoms with Crippen LogP contribution in [-0.2, 0) is 13.1 Å². The average molecular weight is 670 g/mol. The summed E-state index contributed by atoms with van der Waals surface area (Å²) in [5.41, 5.74) is 3.88. The Labute approximate surface area is 246 Å². The first kappa shape index (κ1) is 27.8. The predicted molar refractivity (Wildman–Crippen MR) is 159 cm³/mol. The van der Waals surface area contributed by atoms with Gasteiger partial charge in [-0.3, -0.25) is 9.36 Å². The highest BCUT2D eigenvalue weighted by molar-refractivity contribution is 9.10. The van der Waals surface area contributed by atoms with E-state index in [2.05, 4.69) is 42.1 Å². The Balaban J connectivity index is 0.000000161. The maximum absolute atomic E-state index is 13.5. The summed E-state index contributed by atoms with van der Waals surface area (Å²) in [6, 6.07) is 22.0. The molecule has 0 radical (unpaired) electrons. The van der Waals surface area contributed by atoms with Crippen molar-refractivity contribution in [3.05, 3.63) is 117 Å². The van der Waals surface area contributed by atoms with E-state index in [4.69, 9.17) is 9.47 Å². The molecule has 0 atom stereocenters. The third-order valence-electron chi connectivity index (χ3n) is 6.27. The van der Waals surface area contributed by atoms with Crippen LogP contribution in [0.3, 0.4) is 0 Å². The standard InChI is InChI=1S/2C15H12BrFN2O/c1-20-12-4-2-10(3-5-12)9-19-15-7-13(16)14(17)6-11(15)8-18-19;1-20-12-4-2-10(3-5-12)8-19-9-11-6-14(17)13(16)7-15(11)18-19/h2-8H,9H2,1H3;2-7,9H,8H2,1H3. The second-order valence-corrected chi connectivity index (χ2v) is 10.7. The predicted octanol–water partition coefficient (Wildman–Crippen LogP) is 7.99. The van der Waals surface area contributed by atoms with Crippen molar-refractivity contribution in [2.24, 2.45) is 0 Å². The number of rotatable bonds is 6. The van der Waals surface area contributed by atoms with Gasteiger partial charge < -0.3 is 9.47 Å². The van der Waals surface area contributed by atoms with Gasteiger partial charge in [-0.05, 0) is 91.5 Å². The number of fused-ring (bicyclic) bond motifs is 2. The summed E-state index contributed by atoms with van der Waals surface area (Å²) < 4.78 is 41.7. The molecule has 0 aliphatic carbocycles. The molecule has 0 bridgehead atoms. The number of hydrogen-bond acceptors (Lipinski definition) is 4. The van der Waals surface area contributed by atoms with Crippen molar-refractivity contribution >= 4 is 53.7 Å². The number of halogens is 4. The highest BCUT2D eigenvalue weighted by Gasteiger charge is 2.09. The van der Waals surface area contributed by atoms with E-state index in [9.17, 15) is 8.78 Å². The molecular formula is C30H24Br2F2N4O2. The van der Waals surface area contributed by atoms with Crippen LogP contribution in [0.4, 0.5) is 8.78 Å². The van der Waals surface area contributed by atoms with Gasteiger partial charge in [0.05, 0.1) is 53.5 Å². The molecule has 0 saturated heterocycles. The zero-order valence-corrected chi connectivity index (χ0v) is 24.8. The maximum atomic E-state index is 13.5. The van der Waals surface area contributed by atoms with Crippen LogP contribution in [0.25, 0.3) is 21.8 Å². The Morgan fingerprint density at radius 2 is 1.27 bits per heavy atom. The summed E-state index contributed by atoms with van der Waals surface area (Å²) in [4.78, 5) is 0. The van der Waals surface area contributed by atoms with Crippen LogP contribution in [0.5, 0.6) is 11.5 Å². The van der Waals surface area contributed by atoms with Crippen molar-refractivity contribution in [1.29, 1.82) is 0 Å². The van der Waals surface area contributed by atoms with Crippen LogP contribution in [0.1, 0.15) is 11.1 Å². The Kier molecular flexibility index (Phi) is 8.46. The van der Waals surface area contributed by atoms with Gasteiger partial charge in [0.2, 0.25) is 0 Å². The minimum Gasteiger partial charge on any atom is -0.497 e. The van der Waals surface area contributed by atoms with E-state index < -0.39 is 0 Å². The molecule has 40 heavy (non-hydrogen) atoms. The van der Waals surface area contributed by atoms with Crippen molar-refractivity contribution in [3.8, 4) is 11.5 Å². The molecule has 0 N–H and O–H groups in total. The fraction of sp³-hybridized carbons (Fsp3) is 0.133. The van der Waals surface area contributed by atoms with Gasteiger partial charge in [0.15, 0.2) is 0 Å². The van der Waals surface area contributed by atoms with Crippen molar-refractivity contribution in [2.75, 3.05) is 14.2 Å². The number of ether oxygens (including phenoxy) is 2. The quantitative estimate of drug-likeness (QED) is 0.180. The van der Waals surface area contributed by atoms with Crippen LogP contribution in [-0.4, -0.2) is 33.8 Å². The van der Waals surface area contributed by atoms with Crippen LogP contribution in [0.15, 0.2) is 94.1 Å². The fourth-order valence-corrected chi connectivity index (χ4v) is 4.83. The molecule has 204 valence electrons. The van der Waals surface area contributed by atoms with Crippen LogP contribution >= 0.6 is 31.9 Å². The number of nitrogens with zero attached hydrogens (tertiary/aromatic N) is 4. The van der Waals surface area contributed by atoms with Gasteiger partial charge in [-0.1, -0.05) is 24.3 Å². The van der Waals surface area contributed by atoms with Gasteiger partial charge in [-0.25, -0.2) is 8.78 Å². The SMILES string of the molecule is COc1ccc(Cn2cc3cc(F)c(Br)cc3n2)cc1.COc1ccc(Cn2ncc3cc(F)c(Br)cc32)cc1. The van der Waals surface area contributed by atoms with E-state index in [0.717, 1.165) is 44.4 Å². The Morgan fingerprint density at radius 3 is 1.88 bits per heavy atom. The largest absolute Gasteiger partial charge is 0.497 e. The molecule has 2 heterocycles. The van der Waals surface area contributed by atoms with Gasteiger partial charge in [-0.15, -0.1) is 0 Å². The second-order valence-electron chi connectivity index (χ2n) is 8.98. The van der Waals surface area contributed by atoms with E-state index in [1.807, 2.05) is 59.4 Å². The topological polar surface area (TPSA) is 54.1 Å². The molecule has 10 heteroatoms. The molecule has 0 unspecified atom stereocenters. The van der Waals surface area contributed by atoms with E-state index in [1.165, 1.54) is 12.1 Å². The number of benzene rings is 4. The number of methoxy groups -OCH3 is 2. The third kappa shape index (κ3) is 6.34. The second kappa shape index (κ2) is 12.2. The van der Waals surface area contributed by atoms with E-state index in [0.29, 0.717) is 22.0 Å². The molecule has 0 aliphatic rings. The molecule has 0 aliphatic heterocycles. The number of hydrogen-bond donors (Lipinski definition) is 0. The average Bonchev–Trinajstić information content (AvgIpc) is 3.52. The third-order valence-corrected chi connectivity index (χ3v) is 7.49. The van der Waals surface area contributed by atoms with Gasteiger partial charge >= 0.3 is 0 Å². The zero-order chi connectivity index (χ0) is 28.2. The maximum Gasteiger partial charge on any atom is 0.138 e. The monoisotopic (exact) mass is 668 g/mol. The lowest BCUT2D eigenvalue weighted by atomic mass is 10.2. The lowest BCUT2D eigenvalue weighted by molar-refractivity contribution is 0.414. The zero-order valence-electron chi connectivity index (χ0n) is 21.6. The van der Waals surface area contributed by atoms with E-state index in [1.54, 1.807) is 37.2 Å². The minimum absolute atomic E-state index is 0.276. The van der Waals surface area contributed by atoms with Gasteiger partial charge in [0.1, 0.15) is 23.1 Å². The Morgan fingerprint density at radius 1 is 0.725 bits per heavy atom. The normalized spacial score (nSPS) is 10.9. The van der Waals surface area contributed by atoms with Crippen molar-refractivity contribution < 1.29 is 18.3 Å². The minimum atomic E-state index is -0.276. The molecule has 0 spiro atoms. The number of aromatic nitrogens is 4. The van der Waals surface area contributed by atoms with E-state index >= 15 is 0 Å². The van der Waals surface area contributed by atoms with Crippen LogP contribution < -0.4 is 9.47 Å². The molecule has 0 saturated carbocycles. The lowest BCUT2D eigenvalue weighted by Crippen LogP contribution is -2.01. The first-order chi connectivity index (χ1) is 19.3. The molecule has 0 fully saturated rings. The molecule has 0 amide bonds. The lowest BCUT2D eigenvalue weighted by Gasteiger charge is -2.06. The highest BCUT2D eigenvalue weighted by Crippen LogP contribution is 2.25. The molecular weight excluding hydrogens is 646 g/mol. The highest BCUT2D eigenvalue weighted by atomic mass is 79.9. The summed E-state index contributed by atoms with van der Waals surface area (Å²) in [6.07, 6.45) is 3.52. The van der Waals surface area contributed by atoms with E-state index in [-0.39, 0.29) is 11.6 Å². The smallest absolute Gasteiger partial charge is 0.138 e. The summed E-state index contributed by atoms with van der Waals surface area (Å²) >= 11 is 6.38. The first-order valence-corrected chi connectivity index (χ1v) is 13.8. The van der Waals surface area contributed by atoms with Gasteiger partial charge in [-0.2, -0.15) is 10.2 Å². The Bertz CT molecular complexity index is 1720. The van der Waals surface area contributed by atoms with Crippen molar-refractivity contribution in [3.63, 3.8) is 0 Å². The summed E-state index contributed by atoms with van der Waals surface area (Å²) in [5, 5.41) is 10.3. The molecule has 6 rings (SSSR count). The van der Waals surface area contributed by atoms with Gasteiger partial charge in [0, 0.05) is 17.0 Å². The van der Waals surface area contributed by atoms with Crippen molar-refractivity contribution in [1.82, 2.24) is 19.6 Å².